The third-order valence-corrected chi connectivity index (χ3v) is 8.63. The molecule has 9 heteroatoms. The van der Waals surface area contributed by atoms with Crippen molar-refractivity contribution >= 4 is 34.3 Å². The fraction of sp³-hybridized carbons (Fsp3) is 0.429. The first-order valence-corrected chi connectivity index (χ1v) is 14.0. The zero-order chi connectivity index (χ0) is 25.4. The lowest BCUT2D eigenvalue weighted by molar-refractivity contribution is 0.0378. The van der Waals surface area contributed by atoms with E-state index >= 15 is 4.39 Å². The molecular weight excluding hydrogens is 491 g/mol. The van der Waals surface area contributed by atoms with E-state index in [2.05, 4.69) is 10.2 Å². The summed E-state index contributed by atoms with van der Waals surface area (Å²) in [4.78, 5) is 32.7. The summed E-state index contributed by atoms with van der Waals surface area (Å²) < 4.78 is 22.9. The van der Waals surface area contributed by atoms with Crippen molar-refractivity contribution < 1.29 is 13.9 Å². The number of halogens is 1. The second-order valence-corrected chi connectivity index (χ2v) is 10.9. The quantitative estimate of drug-likeness (QED) is 0.380. The first kappa shape index (κ1) is 24.5. The highest BCUT2D eigenvalue weighted by molar-refractivity contribution is 8.00. The highest BCUT2D eigenvalue weighted by atomic mass is 32.2. The van der Waals surface area contributed by atoms with E-state index in [-0.39, 0.29) is 16.9 Å². The van der Waals surface area contributed by atoms with Crippen molar-refractivity contribution in [2.75, 3.05) is 57.8 Å². The molecule has 2 fully saturated rings. The molecule has 0 atom stereocenters. The molecule has 3 aliphatic rings. The molecule has 1 amide bonds. The Balaban J connectivity index is 1.39. The lowest BCUT2D eigenvalue weighted by Gasteiger charge is -2.29. The normalized spacial score (nSPS) is 17.6. The second kappa shape index (κ2) is 10.5. The van der Waals surface area contributed by atoms with Gasteiger partial charge in [-0.3, -0.25) is 14.5 Å². The monoisotopic (exact) mass is 522 g/mol. The number of likely N-dealkylation sites (tertiary alicyclic amines) is 1. The Kier molecular flexibility index (Phi) is 6.92. The van der Waals surface area contributed by atoms with Crippen LogP contribution in [0, 0.1) is 5.82 Å². The van der Waals surface area contributed by atoms with Crippen molar-refractivity contribution in [3.8, 4) is 5.69 Å². The molecule has 194 valence electrons. The van der Waals surface area contributed by atoms with Crippen LogP contribution in [0.5, 0.6) is 0 Å². The number of ether oxygens (including phenoxy) is 1. The molecule has 0 aliphatic carbocycles. The minimum absolute atomic E-state index is 0.104. The van der Waals surface area contributed by atoms with Crippen molar-refractivity contribution in [2.24, 2.45) is 0 Å². The Morgan fingerprint density at radius 1 is 1.08 bits per heavy atom. The van der Waals surface area contributed by atoms with E-state index in [4.69, 9.17) is 4.74 Å². The minimum Gasteiger partial charge on any atom is -0.382 e. The van der Waals surface area contributed by atoms with Crippen LogP contribution in [0.4, 0.5) is 10.1 Å². The first-order chi connectivity index (χ1) is 18.1. The summed E-state index contributed by atoms with van der Waals surface area (Å²) in [7, 11) is 0. The van der Waals surface area contributed by atoms with Gasteiger partial charge in [-0.1, -0.05) is 23.9 Å². The van der Waals surface area contributed by atoms with Crippen molar-refractivity contribution in [3.63, 3.8) is 0 Å². The lowest BCUT2D eigenvalue weighted by atomic mass is 10.1. The van der Waals surface area contributed by atoms with E-state index in [0.717, 1.165) is 69.1 Å². The van der Waals surface area contributed by atoms with Gasteiger partial charge in [0, 0.05) is 43.8 Å². The number of carbonyl (C=O) groups is 1. The predicted octanol–water partition coefficient (Wildman–Crippen LogP) is 4.35. The van der Waals surface area contributed by atoms with Crippen LogP contribution in [-0.4, -0.2) is 72.8 Å². The zero-order valence-corrected chi connectivity index (χ0v) is 21.6. The van der Waals surface area contributed by atoms with E-state index in [1.807, 2.05) is 28.8 Å². The molecule has 0 saturated carbocycles. The van der Waals surface area contributed by atoms with Crippen LogP contribution in [-0.2, 0) is 4.74 Å². The lowest BCUT2D eigenvalue weighted by Crippen LogP contribution is -2.38. The summed E-state index contributed by atoms with van der Waals surface area (Å²) >= 11 is 1.47. The summed E-state index contributed by atoms with van der Waals surface area (Å²) in [5.74, 6) is -0.731. The Morgan fingerprint density at radius 2 is 1.86 bits per heavy atom. The van der Waals surface area contributed by atoms with Gasteiger partial charge < -0.3 is 19.5 Å². The number of carbonyl (C=O) groups excluding carboxylic acids is 1. The average Bonchev–Trinajstić information content (AvgIpc) is 2.94. The van der Waals surface area contributed by atoms with Gasteiger partial charge in [0.15, 0.2) is 0 Å². The Morgan fingerprint density at radius 3 is 2.68 bits per heavy atom. The fourth-order valence-electron chi connectivity index (χ4n) is 5.49. The average molecular weight is 523 g/mol. The second-order valence-electron chi connectivity index (χ2n) is 9.86. The largest absolute Gasteiger partial charge is 0.382 e. The van der Waals surface area contributed by atoms with Gasteiger partial charge in [-0.05, 0) is 50.4 Å². The molecule has 7 nitrogen and oxygen atoms in total. The maximum Gasteiger partial charge on any atom is 0.259 e. The van der Waals surface area contributed by atoms with Crippen molar-refractivity contribution in [3.05, 3.63) is 58.1 Å². The van der Waals surface area contributed by atoms with Gasteiger partial charge in [0.2, 0.25) is 5.43 Å². The number of pyridine rings is 1. The number of benzene rings is 2. The maximum absolute atomic E-state index is 15.6. The highest BCUT2D eigenvalue weighted by Gasteiger charge is 2.29. The Bertz CT molecular complexity index is 1400. The smallest absolute Gasteiger partial charge is 0.259 e. The molecule has 2 saturated heterocycles. The fourth-order valence-corrected chi connectivity index (χ4v) is 6.71. The summed E-state index contributed by atoms with van der Waals surface area (Å²) in [5, 5.41) is 3.57. The summed E-state index contributed by atoms with van der Waals surface area (Å²) in [6.07, 6.45) is 5.50. The standard InChI is InChI=1S/C28H31FN4O3S/c29-21-17-19-25-27(24(21)30-9-6-10-31-13-15-36-16-14-31)37-23-8-3-2-7-22(23)33(25)18-20(26(19)34)28(35)32-11-4-1-5-12-32/h2-3,7-8,17-18,30H,1,4-6,9-16H2. The number of anilines is 1. The summed E-state index contributed by atoms with van der Waals surface area (Å²) in [5.41, 5.74) is 1.66. The van der Waals surface area contributed by atoms with E-state index in [1.54, 1.807) is 11.1 Å². The van der Waals surface area contributed by atoms with Crippen LogP contribution in [0.1, 0.15) is 36.0 Å². The van der Waals surface area contributed by atoms with Crippen LogP contribution in [0.2, 0.25) is 0 Å². The number of piperidine rings is 1. The number of nitrogens with zero attached hydrogens (tertiary/aromatic N) is 3. The molecular formula is C28H31FN4O3S. The molecule has 0 spiro atoms. The molecule has 2 aromatic carbocycles. The highest BCUT2D eigenvalue weighted by Crippen LogP contribution is 2.46. The zero-order valence-electron chi connectivity index (χ0n) is 20.8. The van der Waals surface area contributed by atoms with Crippen molar-refractivity contribution in [1.29, 1.82) is 0 Å². The molecule has 0 unspecified atom stereocenters. The van der Waals surface area contributed by atoms with Gasteiger partial charge in [0.1, 0.15) is 11.4 Å². The van der Waals surface area contributed by atoms with Gasteiger partial charge in [0.05, 0.1) is 40.4 Å². The van der Waals surface area contributed by atoms with Crippen LogP contribution in [0.3, 0.4) is 0 Å². The first-order valence-electron chi connectivity index (χ1n) is 13.1. The molecule has 37 heavy (non-hydrogen) atoms. The van der Waals surface area contributed by atoms with E-state index in [0.29, 0.717) is 35.7 Å². The van der Waals surface area contributed by atoms with Gasteiger partial charge >= 0.3 is 0 Å². The number of para-hydroxylation sites is 1. The number of amides is 1. The number of hydrogen-bond donors (Lipinski definition) is 1. The third kappa shape index (κ3) is 4.64. The van der Waals surface area contributed by atoms with E-state index in [9.17, 15) is 9.59 Å². The predicted molar refractivity (Wildman–Crippen MR) is 144 cm³/mol. The van der Waals surface area contributed by atoms with Crippen molar-refractivity contribution in [1.82, 2.24) is 14.4 Å². The van der Waals surface area contributed by atoms with Crippen LogP contribution in [0.15, 0.2) is 51.1 Å². The van der Waals surface area contributed by atoms with Gasteiger partial charge in [0.25, 0.3) is 5.91 Å². The number of hydrogen-bond acceptors (Lipinski definition) is 6. The summed E-state index contributed by atoms with van der Waals surface area (Å²) in [6, 6.07) is 9.17. The maximum atomic E-state index is 15.6. The summed E-state index contributed by atoms with van der Waals surface area (Å²) in [6.45, 7) is 6.19. The minimum atomic E-state index is -0.466. The van der Waals surface area contributed by atoms with Gasteiger partial charge in [-0.2, -0.15) is 0 Å². The Labute approximate surface area is 219 Å². The molecule has 0 radical (unpaired) electrons. The van der Waals surface area contributed by atoms with Gasteiger partial charge in [-0.15, -0.1) is 0 Å². The SMILES string of the molecule is O=C(c1cn2c3c(c(NCCCN4CCOCC4)c(F)cc3c1=O)Sc1ccccc1-2)N1CCCCC1. The molecule has 0 bridgehead atoms. The van der Waals surface area contributed by atoms with Crippen LogP contribution >= 0.6 is 11.8 Å². The van der Waals surface area contributed by atoms with Crippen molar-refractivity contribution in [2.45, 2.75) is 35.5 Å². The van der Waals surface area contributed by atoms with Crippen LogP contribution < -0.4 is 10.7 Å². The molecule has 3 aliphatic heterocycles. The molecule has 1 N–H and O–H groups in total. The Hall–Kier alpha value is -2.88. The number of rotatable bonds is 6. The topological polar surface area (TPSA) is 66.8 Å². The number of fused-ring (bicyclic) bond motifs is 2. The molecule has 3 aromatic rings. The number of nitrogens with one attached hydrogen (secondary N) is 1. The third-order valence-electron chi connectivity index (χ3n) is 7.46. The molecule has 4 heterocycles. The number of morpholine rings is 1. The number of aromatic nitrogens is 1. The van der Waals surface area contributed by atoms with Crippen LogP contribution in [0.25, 0.3) is 16.6 Å². The molecule has 6 rings (SSSR count). The van der Waals surface area contributed by atoms with Gasteiger partial charge in [-0.25, -0.2) is 4.39 Å². The van der Waals surface area contributed by atoms with E-state index in [1.165, 1.54) is 17.8 Å². The molecule has 1 aromatic heterocycles. The van der Waals surface area contributed by atoms with E-state index < -0.39 is 11.2 Å².